The van der Waals surface area contributed by atoms with Crippen molar-refractivity contribution in [2.75, 3.05) is 13.1 Å². The van der Waals surface area contributed by atoms with Gasteiger partial charge in [0, 0.05) is 0 Å². The molecule has 0 saturated heterocycles. The zero-order chi connectivity index (χ0) is 24.1. The summed E-state index contributed by atoms with van der Waals surface area (Å²) in [7, 11) is 0. The van der Waals surface area contributed by atoms with Crippen molar-refractivity contribution in [1.29, 1.82) is 0 Å². The van der Waals surface area contributed by atoms with Crippen LogP contribution in [0.3, 0.4) is 0 Å². The maximum absolute atomic E-state index is 12.1. The number of carbonyl (C=O) groups excluding carboxylic acids is 2. The lowest BCUT2D eigenvalue weighted by atomic mass is 9.98. The summed E-state index contributed by atoms with van der Waals surface area (Å²) in [4.78, 5) is 34.6. The Morgan fingerprint density at radius 2 is 1.06 bits per heavy atom. The molecular weight excluding hydrogens is 432 g/mol. The molecule has 192 valence electrons. The summed E-state index contributed by atoms with van der Waals surface area (Å²) in [6.07, 6.45) is 10.1. The van der Waals surface area contributed by atoms with Crippen LogP contribution in [-0.2, 0) is 28.7 Å². The monoisotopic (exact) mass is 474 g/mol. The number of nitrogens with zero attached hydrogens (tertiary/aromatic N) is 2. The van der Waals surface area contributed by atoms with Crippen LogP contribution in [-0.4, -0.2) is 70.3 Å². The first kappa shape index (κ1) is 27.9. The van der Waals surface area contributed by atoms with Gasteiger partial charge < -0.3 is 9.47 Å². The van der Waals surface area contributed by atoms with Crippen molar-refractivity contribution in [3.05, 3.63) is 0 Å². The van der Waals surface area contributed by atoms with Crippen LogP contribution in [0.4, 0.5) is 0 Å². The molecule has 0 aromatic rings. The summed E-state index contributed by atoms with van der Waals surface area (Å²) >= 11 is 0. The van der Waals surface area contributed by atoms with Gasteiger partial charge in [-0.1, -0.05) is 29.7 Å². The Morgan fingerprint density at radius 3 is 1.42 bits per heavy atom. The number of ether oxygens (including phenoxy) is 2. The van der Waals surface area contributed by atoms with E-state index in [1.807, 2.05) is 0 Å². The zero-order valence-corrected chi connectivity index (χ0v) is 20.2. The first-order chi connectivity index (χ1) is 15.8. The highest BCUT2D eigenvalue weighted by Gasteiger charge is 2.25. The highest BCUT2D eigenvalue weighted by molar-refractivity contribution is 5.74. The summed E-state index contributed by atoms with van der Waals surface area (Å²) in [5.41, 5.74) is 0. The third-order valence-electron chi connectivity index (χ3n) is 6.09. The molecule has 0 aliphatic heterocycles. The third kappa shape index (κ3) is 11.6. The van der Waals surface area contributed by atoms with E-state index in [-0.39, 0.29) is 25.3 Å². The fourth-order valence-corrected chi connectivity index (χ4v) is 4.11. The van der Waals surface area contributed by atoms with Gasteiger partial charge >= 0.3 is 11.9 Å². The molecule has 0 radical (unpaired) electrons. The van der Waals surface area contributed by atoms with E-state index in [9.17, 15) is 20.0 Å². The molecule has 0 amide bonds. The molecule has 2 aliphatic carbocycles. The molecule has 0 heterocycles. The first-order valence-electron chi connectivity index (χ1n) is 12.5. The van der Waals surface area contributed by atoms with Crippen molar-refractivity contribution in [1.82, 2.24) is 10.5 Å². The molecule has 0 aromatic heterocycles. The normalized spacial score (nSPS) is 20.1. The minimum absolute atomic E-state index is 0.0510. The maximum Gasteiger partial charge on any atom is 0.337 e. The summed E-state index contributed by atoms with van der Waals surface area (Å²) in [6.45, 7) is 3.51. The van der Waals surface area contributed by atoms with Crippen LogP contribution in [0.2, 0.25) is 0 Å². The van der Waals surface area contributed by atoms with Crippen LogP contribution < -0.4 is 0 Å². The Kier molecular flexibility index (Phi) is 13.2. The van der Waals surface area contributed by atoms with E-state index in [4.69, 9.17) is 19.1 Å². The number of hydroxylamine groups is 4. The summed E-state index contributed by atoms with van der Waals surface area (Å²) < 4.78 is 10.9. The minimum Gasteiger partial charge on any atom is -0.460 e. The number of hydrogen-bond acceptors (Lipinski definition) is 10. The van der Waals surface area contributed by atoms with Gasteiger partial charge in [0.05, 0.1) is 13.1 Å². The van der Waals surface area contributed by atoms with Crippen LogP contribution in [0.5, 0.6) is 0 Å². The first-order valence-corrected chi connectivity index (χ1v) is 12.5. The molecule has 2 saturated carbocycles. The predicted molar refractivity (Wildman–Crippen MR) is 118 cm³/mol. The molecule has 33 heavy (non-hydrogen) atoms. The fourth-order valence-electron chi connectivity index (χ4n) is 4.11. The number of carbonyl (C=O) groups is 2. The number of unbranched alkanes of at least 4 members (excludes halogenated alkanes) is 2. The molecule has 2 atom stereocenters. The molecule has 2 rings (SSSR count). The van der Waals surface area contributed by atoms with Gasteiger partial charge in [-0.3, -0.25) is 20.1 Å². The lowest BCUT2D eigenvalue weighted by Crippen LogP contribution is -2.35. The second-order valence-electron chi connectivity index (χ2n) is 9.10. The van der Waals surface area contributed by atoms with Gasteiger partial charge in [-0.25, -0.2) is 9.59 Å². The molecule has 0 bridgehead atoms. The second kappa shape index (κ2) is 15.6. The Labute approximate surface area is 196 Å². The fraction of sp³-hybridized carbons (Fsp3) is 0.913. The SMILES string of the molecule is CC(ON(O)CCCCCN(O)OC(C)C(=O)OC1CCCCC1)C(=O)OC1CCCCC1. The second-order valence-corrected chi connectivity index (χ2v) is 9.10. The van der Waals surface area contributed by atoms with E-state index in [1.54, 1.807) is 13.8 Å². The number of esters is 2. The lowest BCUT2D eigenvalue weighted by Gasteiger charge is -2.25. The van der Waals surface area contributed by atoms with E-state index >= 15 is 0 Å². The van der Waals surface area contributed by atoms with E-state index in [1.165, 1.54) is 12.8 Å². The molecule has 10 heteroatoms. The van der Waals surface area contributed by atoms with Crippen molar-refractivity contribution in [2.24, 2.45) is 0 Å². The minimum atomic E-state index is -0.881. The van der Waals surface area contributed by atoms with Crippen molar-refractivity contribution in [3.8, 4) is 0 Å². The third-order valence-corrected chi connectivity index (χ3v) is 6.09. The van der Waals surface area contributed by atoms with Crippen molar-refractivity contribution in [2.45, 2.75) is 122 Å². The molecule has 2 N–H and O–H groups in total. The molecule has 0 aromatic carbocycles. The smallest absolute Gasteiger partial charge is 0.337 e. The van der Waals surface area contributed by atoms with E-state index in [0.717, 1.165) is 51.4 Å². The summed E-state index contributed by atoms with van der Waals surface area (Å²) in [6, 6.07) is 0. The standard InChI is InChI=1S/C23H42N2O8/c1-18(22(26)30-20-12-6-3-7-13-20)32-24(28)16-10-5-11-17-25(29)33-19(2)23(27)31-21-14-8-4-9-15-21/h18-21,28-29H,3-17H2,1-2H3. The van der Waals surface area contributed by atoms with E-state index in [2.05, 4.69) is 0 Å². The molecule has 0 spiro atoms. The molecular formula is C23H42N2O8. The summed E-state index contributed by atoms with van der Waals surface area (Å²) in [5.74, 6) is -0.935. The Morgan fingerprint density at radius 1 is 0.697 bits per heavy atom. The van der Waals surface area contributed by atoms with Gasteiger partial charge in [0.25, 0.3) is 0 Å². The topological polar surface area (TPSA) is 118 Å². The lowest BCUT2D eigenvalue weighted by molar-refractivity contribution is -0.357. The highest BCUT2D eigenvalue weighted by Crippen LogP contribution is 2.22. The van der Waals surface area contributed by atoms with Crippen LogP contribution in [0.15, 0.2) is 0 Å². The van der Waals surface area contributed by atoms with Gasteiger partial charge in [0.2, 0.25) is 0 Å². The predicted octanol–water partition coefficient (Wildman–Crippen LogP) is 3.93. The molecule has 2 fully saturated rings. The maximum atomic E-state index is 12.1. The van der Waals surface area contributed by atoms with Crippen molar-refractivity contribution < 1.29 is 39.2 Å². The Balaban J connectivity index is 1.50. The van der Waals surface area contributed by atoms with Gasteiger partial charge in [-0.05, 0) is 78.1 Å². The number of rotatable bonds is 14. The average molecular weight is 475 g/mol. The quantitative estimate of drug-likeness (QED) is 0.218. The molecule has 2 aliphatic rings. The van der Waals surface area contributed by atoms with Crippen LogP contribution in [0, 0.1) is 0 Å². The van der Waals surface area contributed by atoms with Crippen LogP contribution >= 0.6 is 0 Å². The van der Waals surface area contributed by atoms with E-state index in [0.29, 0.717) is 29.7 Å². The van der Waals surface area contributed by atoms with Crippen molar-refractivity contribution in [3.63, 3.8) is 0 Å². The molecule has 10 nitrogen and oxygen atoms in total. The van der Waals surface area contributed by atoms with E-state index < -0.39 is 24.1 Å². The average Bonchev–Trinajstić information content (AvgIpc) is 2.80. The Hall–Kier alpha value is -1.30. The summed E-state index contributed by atoms with van der Waals surface area (Å²) in [5, 5.41) is 21.0. The van der Waals surface area contributed by atoms with Crippen LogP contribution in [0.25, 0.3) is 0 Å². The number of hydrogen-bond donors (Lipinski definition) is 2. The van der Waals surface area contributed by atoms with Gasteiger partial charge in [0.15, 0.2) is 12.2 Å². The van der Waals surface area contributed by atoms with Gasteiger partial charge in [0.1, 0.15) is 12.2 Å². The highest BCUT2D eigenvalue weighted by atomic mass is 16.9. The Bertz CT molecular complexity index is 519. The zero-order valence-electron chi connectivity index (χ0n) is 20.2. The van der Waals surface area contributed by atoms with Gasteiger partial charge in [-0.15, -0.1) is 0 Å². The largest absolute Gasteiger partial charge is 0.460 e. The molecule has 2 unspecified atom stereocenters. The van der Waals surface area contributed by atoms with Gasteiger partial charge in [-0.2, -0.15) is 0 Å². The van der Waals surface area contributed by atoms with Crippen LogP contribution in [0.1, 0.15) is 97.3 Å². The van der Waals surface area contributed by atoms with Crippen molar-refractivity contribution >= 4 is 11.9 Å².